The van der Waals surface area contributed by atoms with E-state index >= 15 is 0 Å². The lowest BCUT2D eigenvalue weighted by atomic mass is 10.3. The fourth-order valence-electron chi connectivity index (χ4n) is 0.385. The third-order valence-electron chi connectivity index (χ3n) is 1.32. The lowest BCUT2D eigenvalue weighted by Gasteiger charge is -2.17. The normalized spacial score (nSPS) is 11.8. The predicted molar refractivity (Wildman–Crippen MR) is 36.7 cm³/mol. The number of nitrogens with zero attached hydrogens (tertiary/aromatic N) is 1. The van der Waals surface area contributed by atoms with E-state index in [4.69, 9.17) is 6.42 Å². The lowest BCUT2D eigenvalue weighted by Crippen LogP contribution is -2.31. The largest absolute Gasteiger partial charge is 0.332 e. The van der Waals surface area contributed by atoms with E-state index in [9.17, 15) is 4.79 Å². The molecule has 0 bridgehead atoms. The molecule has 50 valence electrons. The summed E-state index contributed by atoms with van der Waals surface area (Å²) in [7, 11) is 1.69. The van der Waals surface area contributed by atoms with Crippen LogP contribution in [0.25, 0.3) is 0 Å². The fourth-order valence-corrected chi connectivity index (χ4v) is 0.385. The minimum atomic E-state index is -0.0949. The number of amides is 1. The molecule has 1 amide bonds. The Labute approximate surface area is 55.8 Å². The third-order valence-corrected chi connectivity index (χ3v) is 1.32. The van der Waals surface area contributed by atoms with Crippen molar-refractivity contribution in [2.45, 2.75) is 19.9 Å². The maximum absolute atomic E-state index is 10.6. The topological polar surface area (TPSA) is 20.3 Å². The van der Waals surface area contributed by atoms with E-state index in [2.05, 4.69) is 5.92 Å². The van der Waals surface area contributed by atoms with Crippen molar-refractivity contribution in [1.82, 2.24) is 4.90 Å². The summed E-state index contributed by atoms with van der Waals surface area (Å²) >= 11 is 0. The van der Waals surface area contributed by atoms with Gasteiger partial charge in [0.05, 0.1) is 6.04 Å². The molecule has 0 aliphatic heterocycles. The smallest absolute Gasteiger partial charge is 0.220 e. The van der Waals surface area contributed by atoms with Crippen LogP contribution < -0.4 is 0 Å². The highest BCUT2D eigenvalue weighted by Crippen LogP contribution is 1.91. The summed E-state index contributed by atoms with van der Waals surface area (Å²) < 4.78 is 0. The Morgan fingerprint density at radius 2 is 2.22 bits per heavy atom. The first-order chi connectivity index (χ1) is 4.09. The SMILES string of the molecule is C#CC(C)N(C)C(C)=O. The Morgan fingerprint density at radius 1 is 1.78 bits per heavy atom. The Hall–Kier alpha value is -0.970. The van der Waals surface area contributed by atoms with Crippen LogP contribution in [0.4, 0.5) is 0 Å². The van der Waals surface area contributed by atoms with Gasteiger partial charge >= 0.3 is 0 Å². The van der Waals surface area contributed by atoms with Crippen molar-refractivity contribution in [3.05, 3.63) is 0 Å². The highest BCUT2D eigenvalue weighted by Gasteiger charge is 2.06. The zero-order valence-electron chi connectivity index (χ0n) is 6.01. The molecule has 0 heterocycles. The molecule has 0 rings (SSSR count). The Morgan fingerprint density at radius 3 is 2.33 bits per heavy atom. The first-order valence-corrected chi connectivity index (χ1v) is 2.79. The zero-order valence-corrected chi connectivity index (χ0v) is 6.01. The lowest BCUT2D eigenvalue weighted by molar-refractivity contribution is -0.128. The van der Waals surface area contributed by atoms with E-state index in [1.165, 1.54) is 11.8 Å². The number of hydrogen-bond acceptors (Lipinski definition) is 1. The number of terminal acetylenes is 1. The van der Waals surface area contributed by atoms with Crippen LogP contribution in [-0.4, -0.2) is 23.9 Å². The molecule has 0 N–H and O–H groups in total. The van der Waals surface area contributed by atoms with E-state index < -0.39 is 0 Å². The van der Waals surface area contributed by atoms with Crippen LogP contribution in [0.1, 0.15) is 13.8 Å². The molecule has 0 saturated carbocycles. The molecule has 0 aromatic carbocycles. The summed E-state index contributed by atoms with van der Waals surface area (Å²) in [6, 6.07) is -0.0949. The first-order valence-electron chi connectivity index (χ1n) is 2.79. The van der Waals surface area contributed by atoms with Gasteiger partial charge in [0.2, 0.25) is 5.91 Å². The van der Waals surface area contributed by atoms with Crippen LogP contribution in [0.5, 0.6) is 0 Å². The Bertz CT molecular complexity index is 145. The molecule has 0 radical (unpaired) electrons. The fraction of sp³-hybridized carbons (Fsp3) is 0.571. The van der Waals surface area contributed by atoms with Crippen molar-refractivity contribution in [3.63, 3.8) is 0 Å². The van der Waals surface area contributed by atoms with Crippen molar-refractivity contribution < 1.29 is 4.79 Å². The summed E-state index contributed by atoms with van der Waals surface area (Å²) in [4.78, 5) is 12.1. The van der Waals surface area contributed by atoms with Crippen molar-refractivity contribution in [1.29, 1.82) is 0 Å². The quantitative estimate of drug-likeness (QED) is 0.467. The molecule has 0 aromatic rings. The molecular formula is C7H11NO. The van der Waals surface area contributed by atoms with Crippen molar-refractivity contribution in [3.8, 4) is 12.3 Å². The van der Waals surface area contributed by atoms with Gasteiger partial charge in [-0.3, -0.25) is 4.79 Å². The highest BCUT2D eigenvalue weighted by atomic mass is 16.2. The second-order valence-corrected chi connectivity index (χ2v) is 1.97. The van der Waals surface area contributed by atoms with Crippen molar-refractivity contribution in [2.75, 3.05) is 7.05 Å². The molecule has 2 nitrogen and oxygen atoms in total. The maximum Gasteiger partial charge on any atom is 0.220 e. The van der Waals surface area contributed by atoms with Gasteiger partial charge in [0.25, 0.3) is 0 Å². The first kappa shape index (κ1) is 8.03. The molecule has 0 aromatic heterocycles. The van der Waals surface area contributed by atoms with Crippen LogP contribution in [0, 0.1) is 12.3 Å². The monoisotopic (exact) mass is 125 g/mol. The number of carbonyl (C=O) groups excluding carboxylic acids is 1. The van der Waals surface area contributed by atoms with Gasteiger partial charge < -0.3 is 4.90 Å². The van der Waals surface area contributed by atoms with E-state index in [0.717, 1.165) is 0 Å². The summed E-state index contributed by atoms with van der Waals surface area (Å²) in [5.41, 5.74) is 0. The summed E-state index contributed by atoms with van der Waals surface area (Å²) in [5, 5.41) is 0. The van der Waals surface area contributed by atoms with Gasteiger partial charge in [-0.25, -0.2) is 0 Å². The Kier molecular flexibility index (Phi) is 2.80. The molecule has 0 spiro atoms. The summed E-state index contributed by atoms with van der Waals surface area (Å²) in [6.07, 6.45) is 5.07. The second kappa shape index (κ2) is 3.13. The summed E-state index contributed by atoms with van der Waals surface area (Å²) in [6.45, 7) is 3.30. The van der Waals surface area contributed by atoms with Crippen LogP contribution in [0.3, 0.4) is 0 Å². The third kappa shape index (κ3) is 2.18. The predicted octanol–water partition coefficient (Wildman–Crippen LogP) is 0.486. The zero-order chi connectivity index (χ0) is 7.44. The Balaban J connectivity index is 3.91. The molecule has 9 heavy (non-hydrogen) atoms. The van der Waals surface area contributed by atoms with Gasteiger partial charge in [0, 0.05) is 14.0 Å². The second-order valence-electron chi connectivity index (χ2n) is 1.97. The molecule has 2 heteroatoms. The van der Waals surface area contributed by atoms with Crippen LogP contribution in [0.15, 0.2) is 0 Å². The molecule has 1 unspecified atom stereocenters. The molecule has 0 saturated heterocycles. The van der Waals surface area contributed by atoms with E-state index in [0.29, 0.717) is 0 Å². The molecule has 0 fully saturated rings. The standard InChI is InChI=1S/C7H11NO/c1-5-6(2)8(4)7(3)9/h1,6H,2-4H3. The van der Waals surface area contributed by atoms with E-state index in [1.54, 1.807) is 14.0 Å². The molecular weight excluding hydrogens is 114 g/mol. The van der Waals surface area contributed by atoms with Crippen LogP contribution in [0.2, 0.25) is 0 Å². The van der Waals surface area contributed by atoms with Crippen LogP contribution in [-0.2, 0) is 4.79 Å². The highest BCUT2D eigenvalue weighted by molar-refractivity contribution is 5.73. The van der Waals surface area contributed by atoms with Crippen molar-refractivity contribution >= 4 is 5.91 Å². The van der Waals surface area contributed by atoms with E-state index in [1.807, 2.05) is 0 Å². The molecule has 0 aliphatic rings. The van der Waals surface area contributed by atoms with Gasteiger partial charge in [-0.2, -0.15) is 0 Å². The van der Waals surface area contributed by atoms with Gasteiger partial charge in [0.15, 0.2) is 0 Å². The minimum absolute atomic E-state index is 0.000417. The molecule has 1 atom stereocenters. The van der Waals surface area contributed by atoms with Crippen LogP contribution >= 0.6 is 0 Å². The van der Waals surface area contributed by atoms with E-state index in [-0.39, 0.29) is 11.9 Å². The maximum atomic E-state index is 10.6. The van der Waals surface area contributed by atoms with Gasteiger partial charge in [0.1, 0.15) is 0 Å². The average Bonchev–Trinajstić information content (AvgIpc) is 1.84. The number of carbonyl (C=O) groups is 1. The van der Waals surface area contributed by atoms with Gasteiger partial charge in [-0.1, -0.05) is 5.92 Å². The summed E-state index contributed by atoms with van der Waals surface area (Å²) in [5.74, 6) is 2.45. The average molecular weight is 125 g/mol. The number of rotatable bonds is 1. The minimum Gasteiger partial charge on any atom is -0.332 e. The van der Waals surface area contributed by atoms with Gasteiger partial charge in [-0.05, 0) is 6.92 Å². The van der Waals surface area contributed by atoms with Crippen molar-refractivity contribution in [2.24, 2.45) is 0 Å². The molecule has 0 aliphatic carbocycles. The number of hydrogen-bond donors (Lipinski definition) is 0. The van der Waals surface area contributed by atoms with Gasteiger partial charge in [-0.15, -0.1) is 6.42 Å².